The molecule has 2 aromatic carbocycles. The van der Waals surface area contributed by atoms with E-state index in [-0.39, 0.29) is 39.1 Å². The summed E-state index contributed by atoms with van der Waals surface area (Å²) in [7, 11) is 0. The summed E-state index contributed by atoms with van der Waals surface area (Å²) in [5, 5.41) is 9.33. The van der Waals surface area contributed by atoms with Gasteiger partial charge in [0.1, 0.15) is 5.82 Å². The van der Waals surface area contributed by atoms with E-state index in [2.05, 4.69) is 20.7 Å². The number of hydrogen-bond donors (Lipinski definition) is 2. The topological polar surface area (TPSA) is 71.3 Å². The summed E-state index contributed by atoms with van der Waals surface area (Å²) < 4.78 is 55.5. The number of aromatic nitrogens is 2. The largest absolute Gasteiger partial charge is 0.435 e. The number of anilines is 1. The van der Waals surface area contributed by atoms with Gasteiger partial charge in [-0.1, -0.05) is 47.6 Å². The maximum atomic E-state index is 13.9. The van der Waals surface area contributed by atoms with Gasteiger partial charge in [-0.05, 0) is 49.2 Å². The summed E-state index contributed by atoms with van der Waals surface area (Å²) in [5.74, 6) is -1.83. The standard InChI is InChI=1S/C23H18Cl3F4N5O/c24-12-5-6-17(18(26)9-12)21(36)33-22(31-15-8-13(25)7-14(27)10-15)32-20-11-19(23(28,29)30)34-35(20)16-3-1-2-4-16/h5-11,16H,1-4H2,(H2,31,32,33,36). The van der Waals surface area contributed by atoms with Crippen molar-refractivity contribution in [2.45, 2.75) is 37.9 Å². The molecule has 1 heterocycles. The number of nitrogens with zero attached hydrogens (tertiary/aromatic N) is 3. The molecule has 1 aliphatic carbocycles. The fraction of sp³-hybridized carbons (Fsp3) is 0.261. The smallest absolute Gasteiger partial charge is 0.325 e. The van der Waals surface area contributed by atoms with Crippen molar-refractivity contribution in [3.63, 3.8) is 0 Å². The maximum absolute atomic E-state index is 13.9. The predicted octanol–water partition coefficient (Wildman–Crippen LogP) is 7.65. The third-order valence-electron chi connectivity index (χ3n) is 5.44. The van der Waals surface area contributed by atoms with E-state index in [1.54, 1.807) is 0 Å². The predicted molar refractivity (Wildman–Crippen MR) is 131 cm³/mol. The number of alkyl halides is 3. The molecule has 13 heteroatoms. The van der Waals surface area contributed by atoms with Gasteiger partial charge in [-0.3, -0.25) is 10.1 Å². The van der Waals surface area contributed by atoms with Gasteiger partial charge >= 0.3 is 6.18 Å². The zero-order chi connectivity index (χ0) is 26.0. The normalized spacial score (nSPS) is 14.8. The fourth-order valence-corrected chi connectivity index (χ4v) is 4.55. The van der Waals surface area contributed by atoms with Crippen LogP contribution in [-0.2, 0) is 6.18 Å². The number of nitrogens with one attached hydrogen (secondary N) is 2. The molecule has 36 heavy (non-hydrogen) atoms. The Morgan fingerprint density at radius 1 is 1.03 bits per heavy atom. The lowest BCUT2D eigenvalue weighted by Gasteiger charge is -2.15. The van der Waals surface area contributed by atoms with Crippen LogP contribution in [0.3, 0.4) is 0 Å². The Morgan fingerprint density at radius 3 is 2.39 bits per heavy atom. The van der Waals surface area contributed by atoms with E-state index in [0.29, 0.717) is 17.9 Å². The summed E-state index contributed by atoms with van der Waals surface area (Å²) in [4.78, 5) is 17.2. The number of benzene rings is 2. The third kappa shape index (κ3) is 6.29. The van der Waals surface area contributed by atoms with Gasteiger partial charge in [0.25, 0.3) is 5.91 Å². The molecule has 2 N–H and O–H groups in total. The van der Waals surface area contributed by atoms with Crippen LogP contribution in [-0.4, -0.2) is 21.6 Å². The molecule has 1 aromatic heterocycles. The minimum Gasteiger partial charge on any atom is -0.325 e. The van der Waals surface area contributed by atoms with Gasteiger partial charge in [0.05, 0.1) is 16.6 Å². The number of carbonyl (C=O) groups is 1. The zero-order valence-corrected chi connectivity index (χ0v) is 20.6. The van der Waals surface area contributed by atoms with Crippen LogP contribution in [0.25, 0.3) is 0 Å². The van der Waals surface area contributed by atoms with Crippen LogP contribution in [0, 0.1) is 5.82 Å². The lowest BCUT2D eigenvalue weighted by molar-refractivity contribution is -0.141. The van der Waals surface area contributed by atoms with E-state index < -0.39 is 23.6 Å². The molecule has 1 fully saturated rings. The molecular weight excluding hydrogens is 545 g/mol. The summed E-state index contributed by atoms with van der Waals surface area (Å²) in [6.07, 6.45) is -1.74. The van der Waals surface area contributed by atoms with E-state index in [1.807, 2.05) is 0 Å². The molecule has 0 unspecified atom stereocenters. The quantitative estimate of drug-likeness (QED) is 0.195. The number of aliphatic imine (C=N–C) groups is 1. The first-order chi connectivity index (χ1) is 17.0. The van der Waals surface area contributed by atoms with Gasteiger partial charge in [-0.25, -0.2) is 9.07 Å². The molecule has 0 atom stereocenters. The second kappa shape index (κ2) is 10.7. The van der Waals surface area contributed by atoms with Crippen molar-refractivity contribution in [2.24, 2.45) is 4.99 Å². The van der Waals surface area contributed by atoms with Crippen LogP contribution >= 0.6 is 34.8 Å². The Kier molecular flexibility index (Phi) is 7.77. The molecule has 0 spiro atoms. The van der Waals surface area contributed by atoms with Crippen LogP contribution in [0.1, 0.15) is 47.8 Å². The molecule has 0 aliphatic heterocycles. The Labute approximate surface area is 218 Å². The maximum Gasteiger partial charge on any atom is 0.435 e. The molecule has 0 bridgehead atoms. The summed E-state index contributed by atoms with van der Waals surface area (Å²) in [6, 6.07) is 8.20. The number of hydrogen-bond acceptors (Lipinski definition) is 3. The van der Waals surface area contributed by atoms with Crippen molar-refractivity contribution >= 4 is 58.2 Å². The van der Waals surface area contributed by atoms with Crippen molar-refractivity contribution in [3.05, 3.63) is 74.6 Å². The lowest BCUT2D eigenvalue weighted by Crippen LogP contribution is -2.36. The van der Waals surface area contributed by atoms with Crippen LogP contribution < -0.4 is 10.6 Å². The highest BCUT2D eigenvalue weighted by atomic mass is 35.5. The van der Waals surface area contributed by atoms with Gasteiger partial charge < -0.3 is 5.32 Å². The minimum absolute atomic E-state index is 0.0353. The third-order valence-corrected chi connectivity index (χ3v) is 6.20. The molecule has 1 aliphatic rings. The lowest BCUT2D eigenvalue weighted by atomic mass is 10.2. The van der Waals surface area contributed by atoms with Crippen molar-refractivity contribution in [1.29, 1.82) is 0 Å². The van der Waals surface area contributed by atoms with Gasteiger partial charge in [-0.2, -0.15) is 23.3 Å². The highest BCUT2D eigenvalue weighted by Gasteiger charge is 2.36. The highest BCUT2D eigenvalue weighted by molar-refractivity contribution is 6.37. The molecule has 1 saturated carbocycles. The van der Waals surface area contributed by atoms with Crippen molar-refractivity contribution in [1.82, 2.24) is 15.1 Å². The van der Waals surface area contributed by atoms with Crippen LogP contribution in [0.2, 0.25) is 15.1 Å². The van der Waals surface area contributed by atoms with Gasteiger partial charge in [0.15, 0.2) is 11.5 Å². The average molecular weight is 563 g/mol. The number of amides is 1. The Bertz CT molecular complexity index is 1300. The second-order valence-corrected chi connectivity index (χ2v) is 9.37. The first kappa shape index (κ1) is 26.2. The first-order valence-electron chi connectivity index (χ1n) is 10.7. The molecule has 0 saturated heterocycles. The fourth-order valence-electron chi connectivity index (χ4n) is 3.84. The Hall–Kier alpha value is -2.82. The van der Waals surface area contributed by atoms with Crippen LogP contribution in [0.5, 0.6) is 0 Å². The number of guanidine groups is 1. The van der Waals surface area contributed by atoms with Gasteiger partial charge in [0.2, 0.25) is 5.96 Å². The SMILES string of the molecule is O=C(N/C(=N/c1cc(C(F)(F)F)nn1C1CCCC1)Nc1cc(F)cc(Cl)c1)c1ccc(Cl)cc1Cl. The Balaban J connectivity index is 1.76. The molecule has 1 amide bonds. The van der Waals surface area contributed by atoms with E-state index in [4.69, 9.17) is 34.8 Å². The second-order valence-electron chi connectivity index (χ2n) is 8.09. The summed E-state index contributed by atoms with van der Waals surface area (Å²) in [6.45, 7) is 0. The van der Waals surface area contributed by atoms with Crippen molar-refractivity contribution < 1.29 is 22.4 Å². The molecular formula is C23H18Cl3F4N5O. The molecule has 0 radical (unpaired) electrons. The minimum atomic E-state index is -4.70. The van der Waals surface area contributed by atoms with E-state index in [9.17, 15) is 22.4 Å². The van der Waals surface area contributed by atoms with Crippen LogP contribution in [0.4, 0.5) is 29.1 Å². The van der Waals surface area contributed by atoms with Crippen molar-refractivity contribution in [2.75, 3.05) is 5.32 Å². The number of halogens is 7. The zero-order valence-electron chi connectivity index (χ0n) is 18.3. The average Bonchev–Trinajstić information content (AvgIpc) is 3.42. The monoisotopic (exact) mass is 561 g/mol. The van der Waals surface area contributed by atoms with Gasteiger partial charge in [0, 0.05) is 21.8 Å². The van der Waals surface area contributed by atoms with Crippen LogP contribution in [0.15, 0.2) is 47.5 Å². The van der Waals surface area contributed by atoms with E-state index in [1.165, 1.54) is 28.9 Å². The first-order valence-corrected chi connectivity index (χ1v) is 11.9. The number of carbonyl (C=O) groups excluding carboxylic acids is 1. The molecule has 190 valence electrons. The summed E-state index contributed by atoms with van der Waals surface area (Å²) in [5.41, 5.74) is -0.981. The van der Waals surface area contributed by atoms with Crippen molar-refractivity contribution in [3.8, 4) is 0 Å². The molecule has 4 rings (SSSR count). The van der Waals surface area contributed by atoms with E-state index in [0.717, 1.165) is 31.0 Å². The van der Waals surface area contributed by atoms with E-state index >= 15 is 0 Å². The summed E-state index contributed by atoms with van der Waals surface area (Å²) >= 11 is 17.9. The Morgan fingerprint density at radius 2 is 1.75 bits per heavy atom. The molecule has 6 nitrogen and oxygen atoms in total. The highest BCUT2D eigenvalue weighted by Crippen LogP contribution is 2.37. The van der Waals surface area contributed by atoms with Gasteiger partial charge in [-0.15, -0.1) is 0 Å². The molecule has 3 aromatic rings. The number of rotatable bonds is 4.